The van der Waals surface area contributed by atoms with E-state index in [-0.39, 0.29) is 0 Å². The highest BCUT2D eigenvalue weighted by molar-refractivity contribution is 5.23. The van der Waals surface area contributed by atoms with Crippen LogP contribution in [0, 0.1) is 5.92 Å². The van der Waals surface area contributed by atoms with Gasteiger partial charge in [-0.25, -0.2) is 0 Å². The van der Waals surface area contributed by atoms with E-state index in [2.05, 4.69) is 11.7 Å². The minimum atomic E-state index is 0.678. The van der Waals surface area contributed by atoms with Gasteiger partial charge in [-0.2, -0.15) is 0 Å². The maximum absolute atomic E-state index is 4.90. The standard InChI is InChI=1S/C5H9NO/c1-6-2-5-3-7-4-5/h5H,1-4H2. The number of aliphatic imine (C=N–C) groups is 1. The van der Waals surface area contributed by atoms with Crippen molar-refractivity contribution < 1.29 is 4.74 Å². The van der Waals surface area contributed by atoms with Crippen molar-refractivity contribution >= 4 is 6.72 Å². The van der Waals surface area contributed by atoms with E-state index in [0.717, 1.165) is 19.8 Å². The van der Waals surface area contributed by atoms with E-state index < -0.39 is 0 Å². The van der Waals surface area contributed by atoms with Crippen LogP contribution in [0.4, 0.5) is 0 Å². The van der Waals surface area contributed by atoms with E-state index in [1.54, 1.807) is 0 Å². The monoisotopic (exact) mass is 99.1 g/mol. The molecule has 1 fully saturated rings. The summed E-state index contributed by atoms with van der Waals surface area (Å²) >= 11 is 0. The summed E-state index contributed by atoms with van der Waals surface area (Å²) in [5.74, 6) is 0.678. The molecule has 7 heavy (non-hydrogen) atoms. The minimum absolute atomic E-state index is 0.678. The number of hydrogen-bond donors (Lipinski definition) is 0. The van der Waals surface area contributed by atoms with Gasteiger partial charge in [-0.1, -0.05) is 0 Å². The molecule has 0 N–H and O–H groups in total. The van der Waals surface area contributed by atoms with Gasteiger partial charge in [-0.05, 0) is 6.72 Å². The van der Waals surface area contributed by atoms with Crippen molar-refractivity contribution in [1.29, 1.82) is 0 Å². The lowest BCUT2D eigenvalue weighted by Crippen LogP contribution is -2.29. The van der Waals surface area contributed by atoms with Crippen LogP contribution in [0.25, 0.3) is 0 Å². The highest BCUT2D eigenvalue weighted by Gasteiger charge is 2.16. The normalized spacial score (nSPS) is 21.1. The third-order valence-electron chi connectivity index (χ3n) is 1.09. The summed E-state index contributed by atoms with van der Waals surface area (Å²) in [4.78, 5) is 3.73. The SMILES string of the molecule is C=NCC1COC1. The maximum Gasteiger partial charge on any atom is 0.0534 e. The Bertz CT molecular complexity index is 68.5. The number of ether oxygens (including phenoxy) is 1. The summed E-state index contributed by atoms with van der Waals surface area (Å²) in [5.41, 5.74) is 0. The van der Waals surface area contributed by atoms with Gasteiger partial charge in [0.1, 0.15) is 0 Å². The van der Waals surface area contributed by atoms with Crippen molar-refractivity contribution in [2.45, 2.75) is 0 Å². The Morgan fingerprint density at radius 1 is 1.71 bits per heavy atom. The van der Waals surface area contributed by atoms with Crippen LogP contribution >= 0.6 is 0 Å². The molecule has 0 bridgehead atoms. The molecule has 0 radical (unpaired) electrons. The van der Waals surface area contributed by atoms with Gasteiger partial charge < -0.3 is 9.73 Å². The van der Waals surface area contributed by atoms with E-state index in [1.807, 2.05) is 0 Å². The van der Waals surface area contributed by atoms with Crippen molar-refractivity contribution in [2.24, 2.45) is 10.9 Å². The molecule has 0 spiro atoms. The Morgan fingerprint density at radius 2 is 2.43 bits per heavy atom. The van der Waals surface area contributed by atoms with E-state index in [0.29, 0.717) is 5.92 Å². The molecule has 0 saturated carbocycles. The molecule has 0 aliphatic carbocycles. The van der Waals surface area contributed by atoms with Gasteiger partial charge in [0, 0.05) is 12.5 Å². The smallest absolute Gasteiger partial charge is 0.0534 e. The first-order valence-corrected chi connectivity index (χ1v) is 2.43. The topological polar surface area (TPSA) is 21.6 Å². The summed E-state index contributed by atoms with van der Waals surface area (Å²) in [6.07, 6.45) is 0. The molecule has 0 unspecified atom stereocenters. The second-order valence-electron chi connectivity index (χ2n) is 1.81. The molecule has 2 nitrogen and oxygen atoms in total. The summed E-state index contributed by atoms with van der Waals surface area (Å²) in [5, 5.41) is 0. The van der Waals surface area contributed by atoms with Gasteiger partial charge in [0.05, 0.1) is 13.2 Å². The van der Waals surface area contributed by atoms with Gasteiger partial charge in [0.15, 0.2) is 0 Å². The molecule has 0 aromatic heterocycles. The van der Waals surface area contributed by atoms with Gasteiger partial charge in [0.2, 0.25) is 0 Å². The quantitative estimate of drug-likeness (QED) is 0.457. The molecule has 1 heterocycles. The van der Waals surface area contributed by atoms with Crippen molar-refractivity contribution in [3.05, 3.63) is 0 Å². The van der Waals surface area contributed by atoms with E-state index in [9.17, 15) is 0 Å². The van der Waals surface area contributed by atoms with E-state index in [4.69, 9.17) is 4.74 Å². The zero-order valence-corrected chi connectivity index (χ0v) is 4.26. The summed E-state index contributed by atoms with van der Waals surface area (Å²) in [6, 6.07) is 0. The van der Waals surface area contributed by atoms with Gasteiger partial charge in [-0.15, -0.1) is 0 Å². The zero-order chi connectivity index (χ0) is 5.11. The summed E-state index contributed by atoms with van der Waals surface area (Å²) < 4.78 is 4.90. The third-order valence-corrected chi connectivity index (χ3v) is 1.09. The van der Waals surface area contributed by atoms with Gasteiger partial charge in [-0.3, -0.25) is 0 Å². The van der Waals surface area contributed by atoms with Crippen LogP contribution in [0.5, 0.6) is 0 Å². The van der Waals surface area contributed by atoms with E-state index in [1.165, 1.54) is 0 Å². The molecule has 1 saturated heterocycles. The molecule has 0 aromatic rings. The third kappa shape index (κ3) is 0.996. The molecule has 2 heteroatoms. The van der Waals surface area contributed by atoms with Crippen molar-refractivity contribution in [2.75, 3.05) is 19.8 Å². The summed E-state index contributed by atoms with van der Waals surface area (Å²) in [7, 11) is 0. The van der Waals surface area contributed by atoms with Gasteiger partial charge >= 0.3 is 0 Å². The maximum atomic E-state index is 4.90. The van der Waals surface area contributed by atoms with Crippen LogP contribution in [-0.2, 0) is 4.74 Å². The predicted octanol–water partition coefficient (Wildman–Crippen LogP) is 0.333. The molecular weight excluding hydrogens is 90.1 g/mol. The average molecular weight is 99.1 g/mol. The highest BCUT2D eigenvalue weighted by Crippen LogP contribution is 2.08. The largest absolute Gasteiger partial charge is 0.381 e. The molecule has 40 valence electrons. The van der Waals surface area contributed by atoms with Crippen molar-refractivity contribution in [1.82, 2.24) is 0 Å². The molecule has 1 aliphatic heterocycles. The Balaban J connectivity index is 2.03. The Morgan fingerprint density at radius 3 is 2.57 bits per heavy atom. The Labute approximate surface area is 43.2 Å². The van der Waals surface area contributed by atoms with E-state index >= 15 is 0 Å². The second kappa shape index (κ2) is 2.07. The Hall–Kier alpha value is -0.370. The predicted molar refractivity (Wildman–Crippen MR) is 28.7 cm³/mol. The molecule has 0 amide bonds. The first-order valence-electron chi connectivity index (χ1n) is 2.43. The fourth-order valence-corrected chi connectivity index (χ4v) is 0.573. The average Bonchev–Trinajstić information content (AvgIpc) is 1.55. The number of nitrogens with zero attached hydrogens (tertiary/aromatic N) is 1. The van der Waals surface area contributed by atoms with Crippen LogP contribution in [0.3, 0.4) is 0 Å². The minimum Gasteiger partial charge on any atom is -0.381 e. The lowest BCUT2D eigenvalue weighted by atomic mass is 10.1. The molecule has 1 aliphatic rings. The lowest BCUT2D eigenvalue weighted by Gasteiger charge is -2.23. The molecular formula is C5H9NO. The second-order valence-corrected chi connectivity index (χ2v) is 1.81. The van der Waals surface area contributed by atoms with Crippen LogP contribution in [0.1, 0.15) is 0 Å². The van der Waals surface area contributed by atoms with Crippen LogP contribution in [-0.4, -0.2) is 26.5 Å². The fraction of sp³-hybridized carbons (Fsp3) is 0.800. The van der Waals surface area contributed by atoms with Crippen LogP contribution < -0.4 is 0 Å². The first-order chi connectivity index (χ1) is 3.43. The molecule has 0 aromatic carbocycles. The van der Waals surface area contributed by atoms with Gasteiger partial charge in [0.25, 0.3) is 0 Å². The van der Waals surface area contributed by atoms with Crippen LogP contribution in [0.15, 0.2) is 4.99 Å². The van der Waals surface area contributed by atoms with Crippen molar-refractivity contribution in [3.8, 4) is 0 Å². The lowest BCUT2D eigenvalue weighted by molar-refractivity contribution is -0.0264. The number of rotatable bonds is 2. The van der Waals surface area contributed by atoms with Crippen molar-refractivity contribution in [3.63, 3.8) is 0 Å². The number of hydrogen-bond acceptors (Lipinski definition) is 2. The Kier molecular flexibility index (Phi) is 1.42. The molecule has 0 atom stereocenters. The highest BCUT2D eigenvalue weighted by atomic mass is 16.5. The fourth-order valence-electron chi connectivity index (χ4n) is 0.573. The summed E-state index contributed by atoms with van der Waals surface area (Å²) in [6.45, 7) is 6.03. The molecule has 1 rings (SSSR count). The zero-order valence-electron chi connectivity index (χ0n) is 4.26. The first kappa shape index (κ1) is 4.78. The van der Waals surface area contributed by atoms with Crippen LogP contribution in [0.2, 0.25) is 0 Å².